The third kappa shape index (κ3) is 4.35. The highest BCUT2D eigenvalue weighted by Crippen LogP contribution is 2.38. The van der Waals surface area contributed by atoms with Crippen LogP contribution in [-0.4, -0.2) is 37.5 Å². The van der Waals surface area contributed by atoms with Gasteiger partial charge in [0, 0.05) is 60.9 Å². The highest BCUT2D eigenvalue weighted by atomic mass is 16.1. The number of benzene rings is 2. The van der Waals surface area contributed by atoms with Gasteiger partial charge in [0.1, 0.15) is 0 Å². The van der Waals surface area contributed by atoms with Gasteiger partial charge in [0.05, 0.1) is 17.1 Å². The van der Waals surface area contributed by atoms with Crippen LogP contribution in [0.25, 0.3) is 11.1 Å². The summed E-state index contributed by atoms with van der Waals surface area (Å²) >= 11 is 0. The fourth-order valence-corrected chi connectivity index (χ4v) is 3.58. The highest BCUT2D eigenvalue weighted by Gasteiger charge is 2.21. The van der Waals surface area contributed by atoms with Crippen molar-refractivity contribution in [2.24, 2.45) is 10.7 Å². The molecule has 0 saturated carbocycles. The first-order chi connectivity index (χ1) is 14.5. The molecule has 0 aromatic heterocycles. The summed E-state index contributed by atoms with van der Waals surface area (Å²) in [6.45, 7) is 4.73. The van der Waals surface area contributed by atoms with Gasteiger partial charge in [0.2, 0.25) is 5.91 Å². The van der Waals surface area contributed by atoms with Gasteiger partial charge in [-0.2, -0.15) is 0 Å². The van der Waals surface area contributed by atoms with Crippen molar-refractivity contribution >= 4 is 34.9 Å². The Labute approximate surface area is 177 Å². The number of aliphatic imine (C=N–C) groups is 1. The molecule has 0 bridgehead atoms. The average molecular weight is 405 g/mol. The van der Waals surface area contributed by atoms with Crippen LogP contribution in [0.3, 0.4) is 0 Å². The summed E-state index contributed by atoms with van der Waals surface area (Å²) in [6.07, 6.45) is 3.38. The zero-order valence-corrected chi connectivity index (χ0v) is 17.5. The second kappa shape index (κ2) is 9.26. The lowest BCUT2D eigenvalue weighted by molar-refractivity contribution is -0.116. The van der Waals surface area contributed by atoms with Gasteiger partial charge in [-0.05, 0) is 37.6 Å². The Bertz CT molecular complexity index is 1020. The Morgan fingerprint density at radius 2 is 2.17 bits per heavy atom. The standard InChI is InChI=1S/C23H28N6O/c1-4-27-19-9-8-15(11-18(19)22(25)16(12-24)13-26-3)17-6-5-7-20-23(17)28-14(2)10-21(30)29-20/h5-9,11-14,25,27-28H,4,10,24H2,1-3H3,(H,29,30)/b16-12+,25-22?,26-13?/t14-/m1/s1. The van der Waals surface area contributed by atoms with Crippen LogP contribution in [0, 0.1) is 5.41 Å². The number of para-hydroxylation sites is 1. The molecule has 0 fully saturated rings. The van der Waals surface area contributed by atoms with Gasteiger partial charge in [-0.1, -0.05) is 18.2 Å². The summed E-state index contributed by atoms with van der Waals surface area (Å²) in [6, 6.07) is 11.8. The van der Waals surface area contributed by atoms with E-state index in [1.54, 1.807) is 13.3 Å². The lowest BCUT2D eigenvalue weighted by Gasteiger charge is -2.19. The molecule has 30 heavy (non-hydrogen) atoms. The number of carbonyl (C=O) groups excluding carboxylic acids is 1. The minimum absolute atomic E-state index is 0.00700. The minimum atomic E-state index is -0.00700. The average Bonchev–Trinajstić information content (AvgIpc) is 2.88. The molecule has 0 saturated heterocycles. The smallest absolute Gasteiger partial charge is 0.226 e. The molecule has 2 aromatic carbocycles. The van der Waals surface area contributed by atoms with Crippen molar-refractivity contribution in [2.45, 2.75) is 26.3 Å². The Hall–Kier alpha value is -3.61. The van der Waals surface area contributed by atoms with E-state index in [2.05, 4.69) is 20.9 Å². The zero-order valence-electron chi connectivity index (χ0n) is 17.5. The van der Waals surface area contributed by atoms with Crippen LogP contribution in [-0.2, 0) is 4.79 Å². The van der Waals surface area contributed by atoms with Crippen molar-refractivity contribution in [3.63, 3.8) is 0 Å². The Morgan fingerprint density at radius 3 is 2.87 bits per heavy atom. The minimum Gasteiger partial charge on any atom is -0.404 e. The maximum Gasteiger partial charge on any atom is 0.226 e. The van der Waals surface area contributed by atoms with Crippen LogP contribution >= 0.6 is 0 Å². The molecular weight excluding hydrogens is 376 g/mol. The quantitative estimate of drug-likeness (QED) is 0.470. The van der Waals surface area contributed by atoms with Crippen LogP contribution in [0.15, 0.2) is 53.2 Å². The second-order valence-electron chi connectivity index (χ2n) is 7.20. The first kappa shape index (κ1) is 21.1. The highest BCUT2D eigenvalue weighted by molar-refractivity contribution is 6.24. The van der Waals surface area contributed by atoms with Gasteiger partial charge in [-0.3, -0.25) is 15.2 Å². The van der Waals surface area contributed by atoms with E-state index in [4.69, 9.17) is 11.1 Å². The molecule has 1 aliphatic rings. The van der Waals surface area contributed by atoms with Crippen LogP contribution < -0.4 is 21.7 Å². The number of nitrogens with one attached hydrogen (secondary N) is 4. The Balaban J connectivity index is 2.14. The van der Waals surface area contributed by atoms with Gasteiger partial charge in [-0.15, -0.1) is 0 Å². The van der Waals surface area contributed by atoms with E-state index < -0.39 is 0 Å². The van der Waals surface area contributed by atoms with Crippen LogP contribution in [0.1, 0.15) is 25.8 Å². The molecule has 0 unspecified atom stereocenters. The fraction of sp³-hybridized carbons (Fsp3) is 0.261. The van der Waals surface area contributed by atoms with Crippen LogP contribution in [0.2, 0.25) is 0 Å². The second-order valence-corrected chi connectivity index (χ2v) is 7.20. The molecule has 1 atom stereocenters. The van der Waals surface area contributed by atoms with Crippen molar-refractivity contribution in [3.05, 3.63) is 53.7 Å². The summed E-state index contributed by atoms with van der Waals surface area (Å²) in [5.74, 6) is -0.00700. The number of hydrogen-bond donors (Lipinski definition) is 5. The fourth-order valence-electron chi connectivity index (χ4n) is 3.58. The number of fused-ring (bicyclic) bond motifs is 1. The number of hydrogen-bond acceptors (Lipinski definition) is 6. The van der Waals surface area contributed by atoms with Crippen molar-refractivity contribution in [1.82, 2.24) is 0 Å². The predicted octanol–water partition coefficient (Wildman–Crippen LogP) is 3.84. The SMILES string of the molecule is CCNc1ccc(-c2cccc3c2N[C@H](C)CC(=O)N3)cc1C(=N)/C(C=NC)=C/N. The van der Waals surface area contributed by atoms with Crippen molar-refractivity contribution in [1.29, 1.82) is 5.41 Å². The molecule has 7 heteroatoms. The molecule has 156 valence electrons. The van der Waals surface area contributed by atoms with E-state index in [9.17, 15) is 4.79 Å². The van der Waals surface area contributed by atoms with Gasteiger partial charge < -0.3 is 21.7 Å². The summed E-state index contributed by atoms with van der Waals surface area (Å²) in [5.41, 5.74) is 11.7. The molecular formula is C23H28N6O. The summed E-state index contributed by atoms with van der Waals surface area (Å²) in [5, 5.41) is 18.4. The number of nitrogens with zero attached hydrogens (tertiary/aromatic N) is 1. The zero-order chi connectivity index (χ0) is 21.7. The molecule has 1 amide bonds. The van der Waals surface area contributed by atoms with E-state index in [1.165, 1.54) is 6.20 Å². The number of nitrogens with two attached hydrogens (primary N) is 1. The van der Waals surface area contributed by atoms with E-state index in [0.717, 1.165) is 40.3 Å². The van der Waals surface area contributed by atoms with Crippen LogP contribution in [0.4, 0.5) is 17.1 Å². The van der Waals surface area contributed by atoms with Crippen molar-refractivity contribution < 1.29 is 4.79 Å². The number of anilines is 3. The lowest BCUT2D eigenvalue weighted by Crippen LogP contribution is -2.19. The lowest BCUT2D eigenvalue weighted by atomic mass is 9.95. The normalized spacial score (nSPS) is 16.4. The van der Waals surface area contributed by atoms with Gasteiger partial charge in [-0.25, -0.2) is 0 Å². The van der Waals surface area contributed by atoms with E-state index in [1.807, 2.05) is 50.2 Å². The number of allylic oxidation sites excluding steroid dienone is 1. The van der Waals surface area contributed by atoms with Gasteiger partial charge in [0.25, 0.3) is 0 Å². The monoisotopic (exact) mass is 404 g/mol. The molecule has 3 rings (SSSR count). The Kier molecular flexibility index (Phi) is 6.51. The third-order valence-corrected chi connectivity index (χ3v) is 4.92. The Morgan fingerprint density at radius 1 is 1.37 bits per heavy atom. The molecule has 6 N–H and O–H groups in total. The molecule has 1 heterocycles. The summed E-state index contributed by atoms with van der Waals surface area (Å²) in [4.78, 5) is 16.1. The van der Waals surface area contributed by atoms with Crippen molar-refractivity contribution in [3.8, 4) is 11.1 Å². The molecule has 0 aliphatic carbocycles. The summed E-state index contributed by atoms with van der Waals surface area (Å²) < 4.78 is 0. The number of amides is 1. The maximum absolute atomic E-state index is 12.1. The number of carbonyl (C=O) groups is 1. The molecule has 7 nitrogen and oxygen atoms in total. The molecule has 0 radical (unpaired) electrons. The van der Waals surface area contributed by atoms with E-state index in [0.29, 0.717) is 12.0 Å². The van der Waals surface area contributed by atoms with Crippen LogP contribution in [0.5, 0.6) is 0 Å². The van der Waals surface area contributed by atoms with E-state index >= 15 is 0 Å². The molecule has 1 aliphatic heterocycles. The first-order valence-electron chi connectivity index (χ1n) is 9.99. The van der Waals surface area contributed by atoms with Gasteiger partial charge >= 0.3 is 0 Å². The first-order valence-corrected chi connectivity index (χ1v) is 9.99. The predicted molar refractivity (Wildman–Crippen MR) is 126 cm³/mol. The summed E-state index contributed by atoms with van der Waals surface area (Å²) in [7, 11) is 1.65. The maximum atomic E-state index is 12.1. The van der Waals surface area contributed by atoms with Gasteiger partial charge in [0.15, 0.2) is 0 Å². The number of rotatable bonds is 6. The topological polar surface area (TPSA) is 115 Å². The van der Waals surface area contributed by atoms with E-state index in [-0.39, 0.29) is 17.7 Å². The third-order valence-electron chi connectivity index (χ3n) is 4.92. The molecule has 2 aromatic rings. The van der Waals surface area contributed by atoms with Crippen molar-refractivity contribution in [2.75, 3.05) is 29.5 Å². The largest absolute Gasteiger partial charge is 0.404 e. The molecule has 0 spiro atoms.